The van der Waals surface area contributed by atoms with E-state index in [4.69, 9.17) is 34.7 Å². The molecule has 0 radical (unpaired) electrons. The van der Waals surface area contributed by atoms with Crippen molar-refractivity contribution in [2.45, 2.75) is 140 Å². The van der Waals surface area contributed by atoms with Crippen molar-refractivity contribution in [2.24, 2.45) is 0 Å². The molecule has 0 aromatic heterocycles. The lowest BCUT2D eigenvalue weighted by molar-refractivity contribution is -0.216. The Bertz CT molecular complexity index is 1590. The van der Waals surface area contributed by atoms with E-state index in [9.17, 15) is 44.0 Å². The molecule has 0 saturated heterocycles. The number of phosphoric acid groups is 2. The van der Waals surface area contributed by atoms with Crippen molar-refractivity contribution in [2.75, 3.05) is 13.2 Å². The van der Waals surface area contributed by atoms with Crippen LogP contribution >= 0.6 is 29.1 Å². The number of carbonyl (C=O) groups is 2. The van der Waals surface area contributed by atoms with Crippen LogP contribution in [-0.2, 0) is 41.8 Å². The first kappa shape index (κ1) is 52.2. The zero-order valence-electron chi connectivity index (χ0n) is 30.6. The minimum absolute atomic E-state index is 0. The highest BCUT2D eigenvalue weighted by molar-refractivity contribution is 7.59. The summed E-state index contributed by atoms with van der Waals surface area (Å²) >= 11 is 0. The third-order valence-corrected chi connectivity index (χ3v) is 9.28. The van der Waals surface area contributed by atoms with Crippen molar-refractivity contribution in [1.29, 1.82) is 0 Å². The van der Waals surface area contributed by atoms with Gasteiger partial charge in [0.25, 0.3) is 0 Å². The van der Waals surface area contributed by atoms with Gasteiger partial charge in [-0.3, -0.25) is 18.4 Å². The largest absolute Gasteiger partial charge is 0.472 e. The fourth-order valence-corrected chi connectivity index (χ4v) is 6.62. The van der Waals surface area contributed by atoms with Crippen molar-refractivity contribution in [3.63, 3.8) is 0 Å². The number of aliphatic hydroxyl groups excluding tert-OH is 4. The van der Waals surface area contributed by atoms with Crippen molar-refractivity contribution >= 4 is 41.1 Å². The Balaban J connectivity index is -0.000000364. The first-order valence-corrected chi connectivity index (χ1v) is 20.6. The number of hydrogen-bond acceptors (Lipinski definition) is 13. The molecule has 0 aromatic carbocycles. The summed E-state index contributed by atoms with van der Waals surface area (Å²) in [5.74, 6) is 18.2. The van der Waals surface area contributed by atoms with Crippen LogP contribution < -0.4 is 0 Å². The van der Waals surface area contributed by atoms with Crippen molar-refractivity contribution in [3.8, 4) is 59.7 Å². The molecule has 326 valence electrons. The van der Waals surface area contributed by atoms with Crippen LogP contribution in [0.25, 0.3) is 0 Å². The lowest BCUT2D eigenvalue weighted by atomic mass is 9.85. The lowest BCUT2D eigenvalue weighted by Crippen LogP contribution is -2.64. The van der Waals surface area contributed by atoms with E-state index in [1.807, 2.05) is 5.92 Å². The van der Waals surface area contributed by atoms with E-state index >= 15 is 0 Å². The van der Waals surface area contributed by atoms with Crippen molar-refractivity contribution in [1.82, 2.24) is 0 Å². The summed E-state index contributed by atoms with van der Waals surface area (Å²) in [5.41, 5.74) is 0. The Morgan fingerprint density at radius 1 is 0.673 bits per heavy atom. The summed E-state index contributed by atoms with van der Waals surface area (Å²) in [4.78, 5) is 53.0. The predicted octanol–water partition coefficient (Wildman–Crippen LogP) is 4.33. The first-order chi connectivity index (χ1) is 25.6. The average molecular weight is 853 g/mol. The number of ether oxygens (including phenoxy) is 2. The monoisotopic (exact) mass is 852 g/mol. The molecular formula is C36H70O16P2S. The molecule has 1 aliphatic carbocycles. The molecular weight excluding hydrogens is 782 g/mol. The topological polar surface area (TPSA) is 256 Å². The molecule has 55 heavy (non-hydrogen) atoms. The predicted molar refractivity (Wildman–Crippen MR) is 222 cm³/mol. The number of carbonyl (C=O) groups excluding carboxylic acids is 2. The Hall–Kier alpha value is -2.85. The lowest BCUT2D eigenvalue weighted by Gasteiger charge is -2.43. The van der Waals surface area contributed by atoms with Gasteiger partial charge >= 0.3 is 27.6 Å². The van der Waals surface area contributed by atoms with Gasteiger partial charge in [0.1, 0.15) is 43.2 Å². The fraction of sp³-hybridized carbons (Fsp3) is 0.667. The number of terminal acetylenes is 1. The van der Waals surface area contributed by atoms with Crippen molar-refractivity contribution < 1.29 is 89.7 Å². The number of rotatable bonds is 24. The maximum Gasteiger partial charge on any atom is 0.472 e. The van der Waals surface area contributed by atoms with E-state index in [0.29, 0.717) is 6.42 Å². The fourth-order valence-electron chi connectivity index (χ4n) is 5.08. The summed E-state index contributed by atoms with van der Waals surface area (Å²) < 4.78 is 48.1. The number of unbranched alkanes of at least 4 members (excludes halogenated alkanes) is 12. The minimum Gasteiger partial charge on any atom is -0.456 e. The van der Waals surface area contributed by atoms with Gasteiger partial charge in [0, 0.05) is 25.2 Å². The molecule has 4 unspecified atom stereocenters. The molecule has 0 heterocycles. The molecule has 16 nitrogen and oxygen atoms in total. The van der Waals surface area contributed by atoms with E-state index < -0.39 is 83.5 Å². The van der Waals surface area contributed by atoms with Gasteiger partial charge < -0.3 is 44.6 Å². The molecule has 0 spiro atoms. The summed E-state index contributed by atoms with van der Waals surface area (Å²) in [5, 5.41) is 41.1. The minimum atomic E-state index is -5.33. The Labute approximate surface area is 343 Å². The average Bonchev–Trinajstić information content (AvgIpc) is 3.11. The zero-order valence-corrected chi connectivity index (χ0v) is 33.4. The van der Waals surface area contributed by atoms with Crippen LogP contribution in [0.15, 0.2) is 0 Å². The van der Waals surface area contributed by atoms with Crippen LogP contribution in [0.3, 0.4) is 0 Å². The van der Waals surface area contributed by atoms with Crippen molar-refractivity contribution in [3.05, 3.63) is 0 Å². The molecule has 1 aliphatic rings. The second-order valence-corrected chi connectivity index (χ2v) is 14.8. The third kappa shape index (κ3) is 24.4. The quantitative estimate of drug-likeness (QED) is 0.0234. The number of phosphoric ester groups is 2. The Morgan fingerprint density at radius 3 is 1.58 bits per heavy atom. The van der Waals surface area contributed by atoms with Crippen LogP contribution in [0.1, 0.15) is 110 Å². The van der Waals surface area contributed by atoms with E-state index in [1.54, 1.807) is 0 Å². The summed E-state index contributed by atoms with van der Waals surface area (Å²) in [6.45, 7) is 0.557. The van der Waals surface area contributed by atoms with Gasteiger partial charge in [0.05, 0.1) is 6.61 Å². The van der Waals surface area contributed by atoms with Gasteiger partial charge in [-0.1, -0.05) is 84.0 Å². The second-order valence-electron chi connectivity index (χ2n) is 12.2. The second kappa shape index (κ2) is 29.4. The summed E-state index contributed by atoms with van der Waals surface area (Å²) in [6, 6.07) is 0. The molecule has 8 atom stereocenters. The molecule has 1 saturated carbocycles. The smallest absolute Gasteiger partial charge is 0.456 e. The van der Waals surface area contributed by atoms with Gasteiger partial charge in [-0.15, -0.1) is 6.42 Å². The highest BCUT2D eigenvalue weighted by atomic mass is 32.1. The molecule has 0 aliphatic heterocycles. The first-order valence-electron chi connectivity index (χ1n) is 17.6. The van der Waals surface area contributed by atoms with E-state index in [0.717, 1.165) is 32.1 Å². The van der Waals surface area contributed by atoms with E-state index in [-0.39, 0.29) is 32.8 Å². The maximum atomic E-state index is 12.8. The molecule has 7 N–H and O–H groups in total. The number of aliphatic hydroxyl groups is 4. The van der Waals surface area contributed by atoms with Gasteiger partial charge in [0.15, 0.2) is 6.10 Å². The normalized spacial score (nSPS) is 21.7. The molecule has 0 amide bonds. The van der Waals surface area contributed by atoms with E-state index in [1.165, 1.54) is 44.9 Å². The van der Waals surface area contributed by atoms with Crippen LogP contribution in [0.5, 0.6) is 0 Å². The van der Waals surface area contributed by atoms with Gasteiger partial charge in [0.2, 0.25) is 0 Å². The van der Waals surface area contributed by atoms with Crippen LogP contribution in [0.4, 0.5) is 0 Å². The van der Waals surface area contributed by atoms with Gasteiger partial charge in [-0.25, -0.2) is 13.9 Å². The molecule has 1 rings (SSSR count). The Morgan fingerprint density at radius 2 is 1.11 bits per heavy atom. The van der Waals surface area contributed by atoms with Gasteiger partial charge in [-0.05, 0) is 53.8 Å². The zero-order chi connectivity index (χ0) is 40.4. The van der Waals surface area contributed by atoms with E-state index in [2.05, 4.69) is 58.8 Å². The van der Waals surface area contributed by atoms with Crippen LogP contribution in [0.2, 0.25) is 0 Å². The third-order valence-electron chi connectivity index (χ3n) is 7.78. The van der Waals surface area contributed by atoms with Gasteiger partial charge in [-0.2, -0.15) is 13.5 Å². The van der Waals surface area contributed by atoms with Crippen LogP contribution in [0, 0.1) is 59.7 Å². The SMILES string of the molecule is C#CC#CC#CC#CC#CC(=O)OC[C@H](COP(=O)(O)OC1C(O)[C@@H](O)C(OP(=O)(O)O)[C@@H](O)[C@H]1O)OC(=O)CCCCCCCCCCCCCCC.S.[HH].[HH].[HH].[HH].[HH].[HH].[HH].[HH].[HH]. The Kier molecular flexibility index (Phi) is 27.9. The highest BCUT2D eigenvalue weighted by Crippen LogP contribution is 2.48. The standard InChI is InChI=1S/C36H50O16P2.H2S.9H2/c1-3-5-7-9-11-13-14-15-16-17-19-21-23-25-30(38)50-28(26-48-29(37)24-22-20-18-12-10-8-6-4-2)27-49-54(46,47)52-36-33(41)31(39)35(32(40)34(36)42)51-53(43,44)45;;;;;;;;;;/h2,28,31-36,39-42H,3,5,7,9,11,13-17,19,21,23,25-27H2,1H3,(H,46,47)(H2,43,44,45);1H2;9*1H/t28-,31-,32+,33?,34-,35?,36?;;;;;;;;;;/m1........../s1. The maximum absolute atomic E-state index is 12.8. The molecule has 0 aromatic rings. The number of hydrogen-bond donors (Lipinski definition) is 7. The highest BCUT2D eigenvalue weighted by Gasteiger charge is 2.54. The number of esters is 2. The van der Waals surface area contributed by atoms with Crippen LogP contribution in [-0.4, -0.2) is 103 Å². The molecule has 1 fully saturated rings. The summed E-state index contributed by atoms with van der Waals surface area (Å²) in [6.07, 6.45) is 3.99. The molecule has 19 heteroatoms. The molecule has 0 bridgehead atoms. The summed E-state index contributed by atoms with van der Waals surface area (Å²) in [7, 11) is -10.7.